The fourth-order valence-corrected chi connectivity index (χ4v) is 1.86. The monoisotopic (exact) mass is 306 g/mol. The summed E-state index contributed by atoms with van der Waals surface area (Å²) in [4.78, 5) is 8.65. The first-order valence-corrected chi connectivity index (χ1v) is 7.07. The Labute approximate surface area is 130 Å². The third-order valence-electron chi connectivity index (χ3n) is 2.89. The number of aromatic nitrogens is 2. The lowest BCUT2D eigenvalue weighted by Crippen LogP contribution is -2.16. The molecule has 0 bridgehead atoms. The number of nitrogens with zero attached hydrogens (tertiary/aromatic N) is 2. The topological polar surface area (TPSA) is 44.2 Å². The highest BCUT2D eigenvalue weighted by molar-refractivity contribution is 6.29. The van der Waals surface area contributed by atoms with Gasteiger partial charge >= 0.3 is 0 Å². The van der Waals surface area contributed by atoms with Gasteiger partial charge in [-0.3, -0.25) is 0 Å². The average molecular weight is 307 g/mol. The molecule has 0 fully saturated rings. The summed E-state index contributed by atoms with van der Waals surface area (Å²) in [7, 11) is 1.64. The van der Waals surface area contributed by atoms with Crippen LogP contribution in [-0.4, -0.2) is 17.1 Å². The van der Waals surface area contributed by atoms with Crippen molar-refractivity contribution < 1.29 is 9.47 Å². The molecule has 0 amide bonds. The van der Waals surface area contributed by atoms with Gasteiger partial charge in [-0.1, -0.05) is 44.5 Å². The van der Waals surface area contributed by atoms with Crippen LogP contribution in [0.2, 0.25) is 5.15 Å². The lowest BCUT2D eigenvalue weighted by molar-refractivity contribution is 0.290. The minimum absolute atomic E-state index is 0.177. The third-order valence-corrected chi connectivity index (χ3v) is 3.08. The van der Waals surface area contributed by atoms with Gasteiger partial charge in [0.2, 0.25) is 5.88 Å². The van der Waals surface area contributed by atoms with Gasteiger partial charge in [0.25, 0.3) is 0 Å². The van der Waals surface area contributed by atoms with Crippen molar-refractivity contribution >= 4 is 11.6 Å². The fourth-order valence-electron chi connectivity index (χ4n) is 1.69. The smallest absolute Gasteiger partial charge is 0.218 e. The molecule has 0 aliphatic heterocycles. The van der Waals surface area contributed by atoms with E-state index in [1.807, 2.05) is 45.0 Å². The molecule has 5 heteroatoms. The maximum atomic E-state index is 6.03. The van der Waals surface area contributed by atoms with Crippen LogP contribution in [0.25, 0.3) is 0 Å². The predicted octanol–water partition coefficient (Wildman–Crippen LogP) is 4.02. The Morgan fingerprint density at radius 2 is 1.76 bits per heavy atom. The summed E-state index contributed by atoms with van der Waals surface area (Å²) in [5, 5.41) is 0.389. The predicted molar refractivity (Wildman–Crippen MR) is 83.1 cm³/mol. The molecule has 1 aromatic carbocycles. The summed E-state index contributed by atoms with van der Waals surface area (Å²) < 4.78 is 10.8. The molecule has 1 aromatic heterocycles. The average Bonchev–Trinajstić information content (AvgIpc) is 2.44. The number of hydrogen-bond acceptors (Lipinski definition) is 4. The zero-order valence-corrected chi connectivity index (χ0v) is 13.4. The minimum Gasteiger partial charge on any atom is -0.497 e. The molecule has 0 atom stereocenters. The Morgan fingerprint density at radius 3 is 2.33 bits per heavy atom. The Hall–Kier alpha value is -1.81. The normalized spacial score (nSPS) is 11.3. The van der Waals surface area contributed by atoms with Gasteiger partial charge in [0.1, 0.15) is 23.3 Å². The molecule has 2 aromatic rings. The van der Waals surface area contributed by atoms with Crippen molar-refractivity contribution in [3.05, 3.63) is 46.9 Å². The van der Waals surface area contributed by atoms with Crippen molar-refractivity contribution in [3.8, 4) is 11.6 Å². The molecular weight excluding hydrogens is 288 g/mol. The molecule has 112 valence electrons. The summed E-state index contributed by atoms with van der Waals surface area (Å²) in [6.07, 6.45) is 0. The van der Waals surface area contributed by atoms with E-state index in [4.69, 9.17) is 21.1 Å². The zero-order chi connectivity index (χ0) is 15.5. The van der Waals surface area contributed by atoms with E-state index in [-0.39, 0.29) is 5.41 Å². The van der Waals surface area contributed by atoms with Crippen molar-refractivity contribution in [3.63, 3.8) is 0 Å². The van der Waals surface area contributed by atoms with E-state index in [0.29, 0.717) is 23.5 Å². The molecule has 0 aliphatic rings. The molecule has 0 saturated heterocycles. The van der Waals surface area contributed by atoms with Crippen LogP contribution in [0.3, 0.4) is 0 Å². The first-order valence-electron chi connectivity index (χ1n) is 6.69. The highest BCUT2D eigenvalue weighted by Gasteiger charge is 2.19. The van der Waals surface area contributed by atoms with Crippen LogP contribution in [0.1, 0.15) is 32.2 Å². The summed E-state index contributed by atoms with van der Waals surface area (Å²) in [6, 6.07) is 9.32. The lowest BCUT2D eigenvalue weighted by atomic mass is 9.96. The molecule has 0 spiro atoms. The largest absolute Gasteiger partial charge is 0.497 e. The number of halogens is 1. The van der Waals surface area contributed by atoms with Gasteiger partial charge in [-0.25, -0.2) is 4.98 Å². The van der Waals surface area contributed by atoms with Gasteiger partial charge in [-0.05, 0) is 17.7 Å². The van der Waals surface area contributed by atoms with E-state index < -0.39 is 0 Å². The van der Waals surface area contributed by atoms with E-state index >= 15 is 0 Å². The molecule has 21 heavy (non-hydrogen) atoms. The molecule has 0 radical (unpaired) electrons. The van der Waals surface area contributed by atoms with Gasteiger partial charge in [0.05, 0.1) is 7.11 Å². The first kappa shape index (κ1) is 15.6. The first-order chi connectivity index (χ1) is 9.88. The molecule has 1 heterocycles. The SMILES string of the molecule is COc1ccc(COc2cc(Cl)nc(C(C)(C)C)n2)cc1. The second-order valence-electron chi connectivity index (χ2n) is 5.74. The van der Waals surface area contributed by atoms with Gasteiger partial charge in [0.15, 0.2) is 0 Å². The van der Waals surface area contributed by atoms with Crippen LogP contribution in [0, 0.1) is 0 Å². The Kier molecular flexibility index (Phi) is 4.68. The fraction of sp³-hybridized carbons (Fsp3) is 0.375. The second kappa shape index (κ2) is 6.31. The zero-order valence-electron chi connectivity index (χ0n) is 12.7. The number of ether oxygens (including phenoxy) is 2. The van der Waals surface area contributed by atoms with Crippen LogP contribution in [0.5, 0.6) is 11.6 Å². The van der Waals surface area contributed by atoms with E-state index in [0.717, 1.165) is 11.3 Å². The maximum absolute atomic E-state index is 6.03. The van der Waals surface area contributed by atoms with Gasteiger partial charge in [0, 0.05) is 11.5 Å². The standard InChI is InChI=1S/C16H19ClN2O2/c1-16(2,3)15-18-13(17)9-14(19-15)21-10-11-5-7-12(20-4)8-6-11/h5-9H,10H2,1-4H3. The molecule has 0 aliphatic carbocycles. The van der Waals surface area contributed by atoms with Crippen molar-refractivity contribution in [2.45, 2.75) is 32.8 Å². The van der Waals surface area contributed by atoms with Gasteiger partial charge < -0.3 is 9.47 Å². The Morgan fingerprint density at radius 1 is 1.10 bits per heavy atom. The lowest BCUT2D eigenvalue weighted by Gasteiger charge is -2.17. The van der Waals surface area contributed by atoms with Crippen LogP contribution in [0.4, 0.5) is 0 Å². The molecular formula is C16H19ClN2O2. The minimum atomic E-state index is -0.177. The third kappa shape index (κ3) is 4.33. The number of hydrogen-bond donors (Lipinski definition) is 0. The van der Waals surface area contributed by atoms with Gasteiger partial charge in [-0.2, -0.15) is 4.98 Å². The highest BCUT2D eigenvalue weighted by atomic mass is 35.5. The van der Waals surface area contributed by atoms with E-state index in [9.17, 15) is 0 Å². The van der Waals surface area contributed by atoms with Crippen molar-refractivity contribution in [2.24, 2.45) is 0 Å². The highest BCUT2D eigenvalue weighted by Crippen LogP contribution is 2.23. The quantitative estimate of drug-likeness (QED) is 0.800. The van der Waals surface area contributed by atoms with Crippen LogP contribution in [0.15, 0.2) is 30.3 Å². The second-order valence-corrected chi connectivity index (χ2v) is 6.13. The summed E-state index contributed by atoms with van der Waals surface area (Å²) in [5.41, 5.74) is 0.853. The van der Waals surface area contributed by atoms with E-state index in [1.165, 1.54) is 0 Å². The summed E-state index contributed by atoms with van der Waals surface area (Å²) in [6.45, 7) is 6.52. The maximum Gasteiger partial charge on any atom is 0.218 e. The molecule has 0 unspecified atom stereocenters. The molecule has 4 nitrogen and oxygen atoms in total. The van der Waals surface area contributed by atoms with Crippen LogP contribution >= 0.6 is 11.6 Å². The molecule has 2 rings (SSSR count). The van der Waals surface area contributed by atoms with Crippen molar-refractivity contribution in [1.29, 1.82) is 0 Å². The molecule has 0 N–H and O–H groups in total. The van der Waals surface area contributed by atoms with Crippen molar-refractivity contribution in [2.75, 3.05) is 7.11 Å². The van der Waals surface area contributed by atoms with Crippen LogP contribution < -0.4 is 9.47 Å². The molecule has 0 saturated carbocycles. The van der Waals surface area contributed by atoms with Crippen LogP contribution in [-0.2, 0) is 12.0 Å². The van der Waals surface area contributed by atoms with E-state index in [1.54, 1.807) is 13.2 Å². The van der Waals surface area contributed by atoms with Crippen molar-refractivity contribution in [1.82, 2.24) is 9.97 Å². The Balaban J connectivity index is 2.10. The van der Waals surface area contributed by atoms with E-state index in [2.05, 4.69) is 9.97 Å². The summed E-state index contributed by atoms with van der Waals surface area (Å²) in [5.74, 6) is 1.97. The number of benzene rings is 1. The van der Waals surface area contributed by atoms with Gasteiger partial charge in [-0.15, -0.1) is 0 Å². The number of rotatable bonds is 4. The number of methoxy groups -OCH3 is 1. The Bertz CT molecular complexity index is 607. The summed E-state index contributed by atoms with van der Waals surface area (Å²) >= 11 is 6.03.